The van der Waals surface area contributed by atoms with Crippen molar-refractivity contribution in [2.24, 2.45) is 0 Å². The number of pyridine rings is 1. The summed E-state index contributed by atoms with van der Waals surface area (Å²) >= 11 is 5.78. The van der Waals surface area contributed by atoms with Crippen LogP contribution in [0.1, 0.15) is 21.5 Å². The van der Waals surface area contributed by atoms with Gasteiger partial charge in [0.05, 0.1) is 18.4 Å². The molecule has 0 atom stereocenters. The molecule has 0 saturated carbocycles. The Hall–Kier alpha value is -3.57. The van der Waals surface area contributed by atoms with Gasteiger partial charge in [0, 0.05) is 16.1 Å². The van der Waals surface area contributed by atoms with Crippen LogP contribution >= 0.6 is 11.6 Å². The number of Topliss-reactive ketones (excluding diaryl/α,β-unsaturated/α-hetero) is 1. The van der Waals surface area contributed by atoms with Crippen molar-refractivity contribution in [2.75, 3.05) is 13.7 Å². The Morgan fingerprint density at radius 2 is 1.77 bits per heavy atom. The van der Waals surface area contributed by atoms with Crippen LogP contribution in [0.25, 0.3) is 11.3 Å². The van der Waals surface area contributed by atoms with Crippen LogP contribution in [0.2, 0.25) is 5.02 Å². The first-order valence-corrected chi connectivity index (χ1v) is 9.19. The maximum atomic E-state index is 13.6. The van der Waals surface area contributed by atoms with Gasteiger partial charge in [-0.15, -0.1) is 0 Å². The summed E-state index contributed by atoms with van der Waals surface area (Å²) in [5.41, 5.74) is -1.46. The number of nitrogens with zero attached hydrogens (tertiary/aromatic N) is 2. The standard InChI is InChI=1S/C22H14ClF3N2O3/c1-30-16-8-4-13(5-9-16)19-10-18(22(24,25)26)17(11-27)21(28-19)31-12-20(29)14-2-6-15(23)7-3-14/h2-10H,12H2,1H3. The Bertz CT molecular complexity index is 1140. The number of halogens is 4. The molecule has 0 aliphatic heterocycles. The fraction of sp³-hybridized carbons (Fsp3) is 0.136. The van der Waals surface area contributed by atoms with Crippen molar-refractivity contribution in [3.8, 4) is 29.0 Å². The van der Waals surface area contributed by atoms with Crippen molar-refractivity contribution in [1.29, 1.82) is 5.26 Å². The van der Waals surface area contributed by atoms with Gasteiger partial charge in [0.15, 0.2) is 12.4 Å². The zero-order valence-corrected chi connectivity index (χ0v) is 16.8. The molecule has 158 valence electrons. The molecule has 0 spiro atoms. The number of ketones is 1. The summed E-state index contributed by atoms with van der Waals surface area (Å²) in [6.45, 7) is -0.604. The van der Waals surface area contributed by atoms with E-state index in [2.05, 4.69) is 4.98 Å². The van der Waals surface area contributed by atoms with Crippen molar-refractivity contribution < 1.29 is 27.4 Å². The summed E-state index contributed by atoms with van der Waals surface area (Å²) in [4.78, 5) is 16.4. The number of hydrogen-bond acceptors (Lipinski definition) is 5. The molecule has 1 aromatic heterocycles. The highest BCUT2D eigenvalue weighted by atomic mass is 35.5. The largest absolute Gasteiger partial charge is 0.497 e. The lowest BCUT2D eigenvalue weighted by atomic mass is 10.0. The molecule has 5 nitrogen and oxygen atoms in total. The van der Waals surface area contributed by atoms with Gasteiger partial charge in [0.25, 0.3) is 0 Å². The molecular weight excluding hydrogens is 433 g/mol. The lowest BCUT2D eigenvalue weighted by molar-refractivity contribution is -0.137. The first-order valence-electron chi connectivity index (χ1n) is 8.81. The molecule has 0 aliphatic carbocycles. The van der Waals surface area contributed by atoms with Crippen LogP contribution in [0.3, 0.4) is 0 Å². The minimum Gasteiger partial charge on any atom is -0.497 e. The van der Waals surface area contributed by atoms with Gasteiger partial charge < -0.3 is 9.47 Å². The van der Waals surface area contributed by atoms with Crippen LogP contribution in [-0.4, -0.2) is 24.5 Å². The minimum atomic E-state index is -4.83. The summed E-state index contributed by atoms with van der Waals surface area (Å²) in [7, 11) is 1.46. The Morgan fingerprint density at radius 1 is 1.13 bits per heavy atom. The quantitative estimate of drug-likeness (QED) is 0.463. The molecule has 0 saturated heterocycles. The first kappa shape index (κ1) is 22.1. The van der Waals surface area contributed by atoms with E-state index in [1.54, 1.807) is 12.1 Å². The fourth-order valence-corrected chi connectivity index (χ4v) is 2.85. The molecule has 3 aromatic rings. The number of ether oxygens (including phenoxy) is 2. The monoisotopic (exact) mass is 446 g/mol. The van der Waals surface area contributed by atoms with Gasteiger partial charge >= 0.3 is 6.18 Å². The molecular formula is C22H14ClF3N2O3. The second-order valence-electron chi connectivity index (χ2n) is 6.29. The molecule has 0 aliphatic rings. The summed E-state index contributed by atoms with van der Waals surface area (Å²) in [6.07, 6.45) is -4.83. The zero-order chi connectivity index (χ0) is 22.6. The van der Waals surface area contributed by atoms with Gasteiger partial charge in [-0.1, -0.05) is 11.6 Å². The summed E-state index contributed by atoms with van der Waals surface area (Å²) < 4.78 is 51.1. The maximum Gasteiger partial charge on any atom is 0.417 e. The summed E-state index contributed by atoms with van der Waals surface area (Å²) in [5.74, 6) is -0.574. The molecule has 2 aromatic carbocycles. The van der Waals surface area contributed by atoms with E-state index in [1.807, 2.05) is 0 Å². The highest BCUT2D eigenvalue weighted by molar-refractivity contribution is 6.30. The second-order valence-corrected chi connectivity index (χ2v) is 6.73. The smallest absolute Gasteiger partial charge is 0.417 e. The van der Waals surface area contributed by atoms with E-state index in [1.165, 1.54) is 49.6 Å². The number of nitriles is 1. The SMILES string of the molecule is COc1ccc(-c2cc(C(F)(F)F)c(C#N)c(OCC(=O)c3ccc(Cl)cc3)n2)cc1. The first-order chi connectivity index (χ1) is 14.7. The number of methoxy groups -OCH3 is 1. The van der Waals surface area contributed by atoms with Gasteiger partial charge in [0.1, 0.15) is 17.4 Å². The van der Waals surface area contributed by atoms with E-state index in [4.69, 9.17) is 21.1 Å². The molecule has 3 rings (SSSR count). The van der Waals surface area contributed by atoms with Crippen molar-refractivity contribution in [3.05, 3.63) is 76.3 Å². The molecule has 0 fully saturated rings. The molecule has 0 amide bonds. The minimum absolute atomic E-state index is 0.0667. The Kier molecular flexibility index (Phi) is 6.47. The zero-order valence-electron chi connectivity index (χ0n) is 16.0. The summed E-state index contributed by atoms with van der Waals surface area (Å²) in [5, 5.41) is 9.74. The van der Waals surface area contributed by atoms with Crippen LogP contribution in [0.4, 0.5) is 13.2 Å². The molecule has 9 heteroatoms. The van der Waals surface area contributed by atoms with Gasteiger partial charge in [-0.05, 0) is 54.6 Å². The van der Waals surface area contributed by atoms with E-state index in [9.17, 15) is 23.2 Å². The van der Waals surface area contributed by atoms with Crippen molar-refractivity contribution in [3.63, 3.8) is 0 Å². The normalized spacial score (nSPS) is 11.0. The van der Waals surface area contributed by atoms with E-state index in [0.29, 0.717) is 16.3 Å². The number of hydrogen-bond donors (Lipinski definition) is 0. The topological polar surface area (TPSA) is 72.2 Å². The third kappa shape index (κ3) is 5.13. The van der Waals surface area contributed by atoms with E-state index < -0.39 is 35.6 Å². The van der Waals surface area contributed by atoms with Crippen molar-refractivity contribution in [1.82, 2.24) is 4.98 Å². The molecule has 1 heterocycles. The number of aromatic nitrogens is 1. The fourth-order valence-electron chi connectivity index (χ4n) is 2.72. The van der Waals surface area contributed by atoms with Gasteiger partial charge in [-0.25, -0.2) is 4.98 Å². The van der Waals surface area contributed by atoms with Crippen LogP contribution in [0.5, 0.6) is 11.6 Å². The number of carbonyl (C=O) groups excluding carboxylic acids is 1. The number of benzene rings is 2. The van der Waals surface area contributed by atoms with Crippen LogP contribution in [0.15, 0.2) is 54.6 Å². The van der Waals surface area contributed by atoms with Crippen molar-refractivity contribution >= 4 is 17.4 Å². The van der Waals surface area contributed by atoms with E-state index in [-0.39, 0.29) is 11.3 Å². The van der Waals surface area contributed by atoms with Gasteiger partial charge in [-0.2, -0.15) is 18.4 Å². The molecule has 0 N–H and O–H groups in total. The third-order valence-corrected chi connectivity index (χ3v) is 4.55. The average molecular weight is 447 g/mol. The van der Waals surface area contributed by atoms with Crippen LogP contribution in [0, 0.1) is 11.3 Å². The Balaban J connectivity index is 1.99. The molecule has 0 unspecified atom stereocenters. The number of alkyl halides is 3. The van der Waals surface area contributed by atoms with E-state index >= 15 is 0 Å². The second kappa shape index (κ2) is 9.06. The molecule has 0 radical (unpaired) electrons. The molecule has 31 heavy (non-hydrogen) atoms. The number of carbonyl (C=O) groups is 1. The lowest BCUT2D eigenvalue weighted by Gasteiger charge is -2.15. The van der Waals surface area contributed by atoms with Crippen LogP contribution in [-0.2, 0) is 6.18 Å². The third-order valence-electron chi connectivity index (χ3n) is 4.30. The predicted molar refractivity (Wildman–Crippen MR) is 107 cm³/mol. The van der Waals surface area contributed by atoms with E-state index in [0.717, 1.165) is 6.07 Å². The Labute approximate surface area is 180 Å². The van der Waals surface area contributed by atoms with Gasteiger partial charge in [0.2, 0.25) is 5.88 Å². The van der Waals surface area contributed by atoms with Crippen molar-refractivity contribution in [2.45, 2.75) is 6.18 Å². The maximum absolute atomic E-state index is 13.6. The average Bonchev–Trinajstić information content (AvgIpc) is 2.76. The Morgan fingerprint density at radius 3 is 2.32 bits per heavy atom. The highest BCUT2D eigenvalue weighted by Gasteiger charge is 2.36. The summed E-state index contributed by atoms with van der Waals surface area (Å²) in [6, 6.07) is 14.3. The predicted octanol–water partition coefficient (Wildman–Crippen LogP) is 5.56. The lowest BCUT2D eigenvalue weighted by Crippen LogP contribution is -2.16. The van der Waals surface area contributed by atoms with Crippen LogP contribution < -0.4 is 9.47 Å². The number of rotatable bonds is 6. The molecule has 0 bridgehead atoms. The highest BCUT2D eigenvalue weighted by Crippen LogP contribution is 2.37. The van der Waals surface area contributed by atoms with Gasteiger partial charge in [-0.3, -0.25) is 4.79 Å².